The van der Waals surface area contributed by atoms with Gasteiger partial charge in [0.25, 0.3) is 0 Å². The van der Waals surface area contributed by atoms with Crippen molar-refractivity contribution in [3.05, 3.63) is 57.5 Å². The normalized spacial score (nSPS) is 10.7. The number of halogens is 4. The number of benzene rings is 2. The molecule has 0 unspecified atom stereocenters. The minimum Gasteiger partial charge on any atom is -0.435 e. The average molecular weight is 363 g/mol. The first kappa shape index (κ1) is 15.1. The SMILES string of the molecule is FC(F)Oc1cccc(NCc2ccc(Br)c(Cl)c2)c1. The predicted molar refractivity (Wildman–Crippen MR) is 79.6 cm³/mol. The molecule has 2 aromatic rings. The number of anilines is 1. The van der Waals surface area contributed by atoms with Gasteiger partial charge in [-0.15, -0.1) is 0 Å². The molecule has 0 aromatic heterocycles. The largest absolute Gasteiger partial charge is 0.435 e. The summed E-state index contributed by atoms with van der Waals surface area (Å²) in [6.45, 7) is -2.29. The summed E-state index contributed by atoms with van der Waals surface area (Å²) in [6, 6.07) is 12.0. The van der Waals surface area contributed by atoms with Gasteiger partial charge in [0.1, 0.15) is 5.75 Å². The van der Waals surface area contributed by atoms with Crippen molar-refractivity contribution >= 4 is 33.2 Å². The van der Waals surface area contributed by atoms with Crippen molar-refractivity contribution in [3.8, 4) is 5.75 Å². The summed E-state index contributed by atoms with van der Waals surface area (Å²) in [6.07, 6.45) is 0. The molecule has 6 heteroatoms. The average Bonchev–Trinajstić information content (AvgIpc) is 2.40. The van der Waals surface area contributed by atoms with E-state index in [9.17, 15) is 8.78 Å². The van der Waals surface area contributed by atoms with Gasteiger partial charge in [0.05, 0.1) is 5.02 Å². The fraction of sp³-hybridized carbons (Fsp3) is 0.143. The molecule has 20 heavy (non-hydrogen) atoms. The van der Waals surface area contributed by atoms with E-state index in [1.165, 1.54) is 12.1 Å². The third-order valence-corrected chi connectivity index (χ3v) is 3.77. The lowest BCUT2D eigenvalue weighted by Gasteiger charge is -2.10. The van der Waals surface area contributed by atoms with Crippen LogP contribution >= 0.6 is 27.5 Å². The first-order chi connectivity index (χ1) is 9.54. The Bertz CT molecular complexity index is 595. The highest BCUT2D eigenvalue weighted by Gasteiger charge is 2.05. The highest BCUT2D eigenvalue weighted by Crippen LogP contribution is 2.24. The van der Waals surface area contributed by atoms with E-state index in [2.05, 4.69) is 26.0 Å². The molecule has 0 radical (unpaired) electrons. The Morgan fingerprint density at radius 3 is 2.70 bits per heavy atom. The molecule has 0 aliphatic heterocycles. The van der Waals surface area contributed by atoms with Gasteiger partial charge in [0, 0.05) is 22.8 Å². The van der Waals surface area contributed by atoms with Crippen molar-refractivity contribution in [3.63, 3.8) is 0 Å². The summed E-state index contributed by atoms with van der Waals surface area (Å²) in [5.74, 6) is 0.124. The molecule has 2 aromatic carbocycles. The molecule has 2 nitrogen and oxygen atoms in total. The fourth-order valence-electron chi connectivity index (χ4n) is 1.64. The predicted octanol–water partition coefficient (Wildman–Crippen LogP) is 5.32. The topological polar surface area (TPSA) is 21.3 Å². The van der Waals surface area contributed by atoms with Gasteiger partial charge in [0.2, 0.25) is 0 Å². The van der Waals surface area contributed by atoms with E-state index in [1.54, 1.807) is 12.1 Å². The third kappa shape index (κ3) is 4.35. The van der Waals surface area contributed by atoms with Gasteiger partial charge in [-0.3, -0.25) is 0 Å². The van der Waals surface area contributed by atoms with Gasteiger partial charge in [-0.25, -0.2) is 0 Å². The van der Waals surface area contributed by atoms with Crippen molar-refractivity contribution in [1.82, 2.24) is 0 Å². The van der Waals surface area contributed by atoms with E-state index in [-0.39, 0.29) is 5.75 Å². The first-order valence-corrected chi connectivity index (χ1v) is 6.94. The fourth-order valence-corrected chi connectivity index (χ4v) is 2.09. The molecule has 0 spiro atoms. The van der Waals surface area contributed by atoms with Gasteiger partial charge < -0.3 is 10.1 Å². The Morgan fingerprint density at radius 1 is 1.20 bits per heavy atom. The number of nitrogens with one attached hydrogen (secondary N) is 1. The van der Waals surface area contributed by atoms with E-state index in [4.69, 9.17) is 11.6 Å². The van der Waals surface area contributed by atoms with Crippen LogP contribution in [0.1, 0.15) is 5.56 Å². The second kappa shape index (κ2) is 6.90. The number of alkyl halides is 2. The molecular formula is C14H11BrClF2NO. The van der Waals surface area contributed by atoms with E-state index in [1.807, 2.05) is 18.2 Å². The third-order valence-electron chi connectivity index (χ3n) is 2.54. The quantitative estimate of drug-likeness (QED) is 0.777. The lowest BCUT2D eigenvalue weighted by molar-refractivity contribution is -0.0498. The summed E-state index contributed by atoms with van der Waals surface area (Å²) >= 11 is 9.32. The monoisotopic (exact) mass is 361 g/mol. The first-order valence-electron chi connectivity index (χ1n) is 5.77. The molecule has 0 heterocycles. The Morgan fingerprint density at radius 2 is 2.00 bits per heavy atom. The molecule has 0 aliphatic rings. The van der Waals surface area contributed by atoms with Crippen LogP contribution in [-0.4, -0.2) is 6.61 Å². The Balaban J connectivity index is 2.01. The lowest BCUT2D eigenvalue weighted by atomic mass is 10.2. The molecular weight excluding hydrogens is 352 g/mol. The number of hydrogen-bond donors (Lipinski definition) is 1. The summed E-state index contributed by atoms with van der Waals surface area (Å²) in [7, 11) is 0. The number of ether oxygens (including phenoxy) is 1. The van der Waals surface area contributed by atoms with Crippen molar-refractivity contribution in [2.45, 2.75) is 13.2 Å². The van der Waals surface area contributed by atoms with E-state index in [0.717, 1.165) is 10.0 Å². The summed E-state index contributed by atoms with van der Waals surface area (Å²) in [4.78, 5) is 0. The standard InChI is InChI=1S/C14H11BrClF2NO/c15-12-5-4-9(6-13(12)16)8-19-10-2-1-3-11(7-10)20-14(17)18/h1-7,14,19H,8H2. The van der Waals surface area contributed by atoms with Gasteiger partial charge in [-0.1, -0.05) is 23.7 Å². The Labute approximate surface area is 128 Å². The van der Waals surface area contributed by atoms with Gasteiger partial charge >= 0.3 is 6.61 Å². The Kier molecular flexibility index (Phi) is 5.20. The van der Waals surface area contributed by atoms with Crippen molar-refractivity contribution in [1.29, 1.82) is 0 Å². The highest BCUT2D eigenvalue weighted by molar-refractivity contribution is 9.10. The van der Waals surface area contributed by atoms with Crippen LogP contribution in [0.4, 0.5) is 14.5 Å². The zero-order valence-corrected chi connectivity index (χ0v) is 12.6. The summed E-state index contributed by atoms with van der Waals surface area (Å²) < 4.78 is 29.4. The minimum absolute atomic E-state index is 0.124. The van der Waals surface area contributed by atoms with Crippen LogP contribution < -0.4 is 10.1 Å². The molecule has 0 saturated heterocycles. The highest BCUT2D eigenvalue weighted by atomic mass is 79.9. The maximum Gasteiger partial charge on any atom is 0.387 e. The molecule has 0 atom stereocenters. The molecule has 0 aliphatic carbocycles. The molecule has 0 bridgehead atoms. The van der Waals surface area contributed by atoms with E-state index in [0.29, 0.717) is 17.3 Å². The molecule has 0 saturated carbocycles. The van der Waals surface area contributed by atoms with E-state index >= 15 is 0 Å². The number of hydrogen-bond acceptors (Lipinski definition) is 2. The molecule has 2 rings (SSSR count). The molecule has 0 fully saturated rings. The lowest BCUT2D eigenvalue weighted by Crippen LogP contribution is -2.03. The molecule has 106 valence electrons. The van der Waals surface area contributed by atoms with Crippen LogP contribution in [-0.2, 0) is 6.54 Å². The van der Waals surface area contributed by atoms with Crippen LogP contribution in [0.3, 0.4) is 0 Å². The van der Waals surface area contributed by atoms with Crippen LogP contribution in [0.25, 0.3) is 0 Å². The van der Waals surface area contributed by atoms with Crippen LogP contribution in [0.5, 0.6) is 5.75 Å². The Hall–Kier alpha value is -1.33. The van der Waals surface area contributed by atoms with E-state index < -0.39 is 6.61 Å². The molecule has 0 amide bonds. The van der Waals surface area contributed by atoms with Crippen molar-refractivity contribution in [2.24, 2.45) is 0 Å². The zero-order chi connectivity index (χ0) is 14.5. The van der Waals surface area contributed by atoms with Crippen LogP contribution in [0.2, 0.25) is 5.02 Å². The minimum atomic E-state index is -2.82. The maximum atomic E-state index is 12.1. The number of rotatable bonds is 5. The smallest absolute Gasteiger partial charge is 0.387 e. The van der Waals surface area contributed by atoms with Gasteiger partial charge in [-0.2, -0.15) is 8.78 Å². The molecule has 1 N–H and O–H groups in total. The summed E-state index contributed by atoms with van der Waals surface area (Å²) in [5.41, 5.74) is 1.68. The second-order valence-electron chi connectivity index (χ2n) is 4.01. The maximum absolute atomic E-state index is 12.1. The van der Waals surface area contributed by atoms with Crippen molar-refractivity contribution in [2.75, 3.05) is 5.32 Å². The second-order valence-corrected chi connectivity index (χ2v) is 5.27. The van der Waals surface area contributed by atoms with Gasteiger partial charge in [-0.05, 0) is 45.8 Å². The van der Waals surface area contributed by atoms with Crippen molar-refractivity contribution < 1.29 is 13.5 Å². The van der Waals surface area contributed by atoms with Crippen LogP contribution in [0, 0.1) is 0 Å². The zero-order valence-electron chi connectivity index (χ0n) is 10.2. The van der Waals surface area contributed by atoms with Gasteiger partial charge in [0.15, 0.2) is 0 Å². The summed E-state index contributed by atoms with van der Waals surface area (Å²) in [5, 5.41) is 3.75. The van der Waals surface area contributed by atoms with Crippen LogP contribution in [0.15, 0.2) is 46.9 Å².